The average molecular weight is 343 g/mol. The number of carbonyl (C=O) groups excluding carboxylic acids is 1. The van der Waals surface area contributed by atoms with E-state index in [1.165, 1.54) is 11.1 Å². The minimum atomic E-state index is -0.289. The van der Waals surface area contributed by atoms with Gasteiger partial charge in [-0.1, -0.05) is 6.07 Å². The number of hydrogen-bond acceptors (Lipinski definition) is 5. The van der Waals surface area contributed by atoms with Crippen LogP contribution >= 0.6 is 11.3 Å². The van der Waals surface area contributed by atoms with Crippen LogP contribution in [0.5, 0.6) is 0 Å². The lowest BCUT2D eigenvalue weighted by Gasteiger charge is -2.28. The number of carbonyl (C=O) groups is 1. The van der Waals surface area contributed by atoms with Crippen molar-refractivity contribution in [2.45, 2.75) is 38.5 Å². The van der Waals surface area contributed by atoms with Crippen molar-refractivity contribution in [3.05, 3.63) is 45.9 Å². The maximum atomic E-state index is 12.2. The van der Waals surface area contributed by atoms with E-state index in [2.05, 4.69) is 27.3 Å². The first-order valence-corrected chi connectivity index (χ1v) is 9.31. The summed E-state index contributed by atoms with van der Waals surface area (Å²) in [6.45, 7) is 3.53. The van der Waals surface area contributed by atoms with Gasteiger partial charge in [0.1, 0.15) is 11.1 Å². The Kier molecular flexibility index (Phi) is 4.60. The third kappa shape index (κ3) is 3.50. The van der Waals surface area contributed by atoms with E-state index in [1.807, 2.05) is 17.6 Å². The fourth-order valence-corrected chi connectivity index (χ4v) is 4.02. The van der Waals surface area contributed by atoms with Crippen molar-refractivity contribution in [2.24, 2.45) is 0 Å². The molecular weight excluding hydrogens is 322 g/mol. The molecule has 1 aromatic heterocycles. The predicted octanol–water partition coefficient (Wildman–Crippen LogP) is 2.82. The van der Waals surface area contributed by atoms with Crippen molar-refractivity contribution in [1.29, 1.82) is 0 Å². The lowest BCUT2D eigenvalue weighted by molar-refractivity contribution is -0.124. The standard InChI is InChI=1S/C18H21N3O2S/c22-18(16-2-1-8-23-16)20-15-4-3-13-5-7-21(11-14(13)10-15)12-17-19-6-9-24-17/h3-4,6,9-10,16H,1-2,5,7-8,11-12H2,(H,20,22). The smallest absolute Gasteiger partial charge is 0.253 e. The summed E-state index contributed by atoms with van der Waals surface area (Å²) in [7, 11) is 0. The molecular formula is C18H21N3O2S. The summed E-state index contributed by atoms with van der Waals surface area (Å²) >= 11 is 1.70. The molecule has 2 aliphatic heterocycles. The van der Waals surface area contributed by atoms with Crippen molar-refractivity contribution in [3.8, 4) is 0 Å². The molecule has 0 saturated carbocycles. The summed E-state index contributed by atoms with van der Waals surface area (Å²) in [5.41, 5.74) is 3.54. The zero-order valence-electron chi connectivity index (χ0n) is 13.5. The largest absolute Gasteiger partial charge is 0.368 e. The maximum Gasteiger partial charge on any atom is 0.253 e. The van der Waals surface area contributed by atoms with Crippen molar-refractivity contribution in [1.82, 2.24) is 9.88 Å². The minimum absolute atomic E-state index is 0.0251. The van der Waals surface area contributed by atoms with E-state index >= 15 is 0 Å². The van der Waals surface area contributed by atoms with Crippen molar-refractivity contribution >= 4 is 22.9 Å². The van der Waals surface area contributed by atoms with E-state index < -0.39 is 0 Å². The second-order valence-electron chi connectivity index (χ2n) is 6.36. The second kappa shape index (κ2) is 7.01. The van der Waals surface area contributed by atoms with Gasteiger partial charge in [-0.15, -0.1) is 11.3 Å². The second-order valence-corrected chi connectivity index (χ2v) is 7.34. The monoisotopic (exact) mass is 343 g/mol. The highest BCUT2D eigenvalue weighted by molar-refractivity contribution is 7.09. The Balaban J connectivity index is 1.43. The third-order valence-corrected chi connectivity index (χ3v) is 5.39. The Morgan fingerprint density at radius 2 is 2.38 bits per heavy atom. The number of aromatic nitrogens is 1. The first-order chi connectivity index (χ1) is 11.8. The van der Waals surface area contributed by atoms with Gasteiger partial charge in [-0.25, -0.2) is 4.98 Å². The molecule has 1 saturated heterocycles. The van der Waals surface area contributed by atoms with Crippen LogP contribution in [0.2, 0.25) is 0 Å². The highest BCUT2D eigenvalue weighted by Crippen LogP contribution is 2.25. The first-order valence-electron chi connectivity index (χ1n) is 8.43. The molecule has 6 heteroatoms. The first kappa shape index (κ1) is 15.7. The van der Waals surface area contributed by atoms with E-state index in [9.17, 15) is 4.79 Å². The number of hydrogen-bond donors (Lipinski definition) is 1. The van der Waals surface area contributed by atoms with Crippen LogP contribution in [0.25, 0.3) is 0 Å². The average Bonchev–Trinajstić information content (AvgIpc) is 3.28. The fraction of sp³-hybridized carbons (Fsp3) is 0.444. The zero-order valence-corrected chi connectivity index (χ0v) is 14.3. The molecule has 2 aromatic rings. The quantitative estimate of drug-likeness (QED) is 0.927. The molecule has 1 fully saturated rings. The molecule has 5 nitrogen and oxygen atoms in total. The fourth-order valence-electron chi connectivity index (χ4n) is 3.36. The Morgan fingerprint density at radius 1 is 1.42 bits per heavy atom. The van der Waals surface area contributed by atoms with E-state index in [-0.39, 0.29) is 12.0 Å². The van der Waals surface area contributed by atoms with Gasteiger partial charge in [-0.3, -0.25) is 9.69 Å². The number of amides is 1. The summed E-state index contributed by atoms with van der Waals surface area (Å²) in [5, 5.41) is 6.18. The van der Waals surface area contributed by atoms with Gasteiger partial charge in [0, 0.05) is 37.0 Å². The normalized spacial score (nSPS) is 20.8. The van der Waals surface area contributed by atoms with Crippen LogP contribution in [0.1, 0.15) is 29.0 Å². The van der Waals surface area contributed by atoms with Crippen LogP contribution in [0.3, 0.4) is 0 Å². The van der Waals surface area contributed by atoms with Gasteiger partial charge >= 0.3 is 0 Å². The molecule has 4 rings (SSSR count). The number of thiazole rings is 1. The van der Waals surface area contributed by atoms with E-state index in [1.54, 1.807) is 11.3 Å². The van der Waals surface area contributed by atoms with Crippen molar-refractivity contribution in [2.75, 3.05) is 18.5 Å². The van der Waals surface area contributed by atoms with Crippen LogP contribution < -0.4 is 5.32 Å². The zero-order chi connectivity index (χ0) is 16.4. The number of benzene rings is 1. The molecule has 1 N–H and O–H groups in total. The van der Waals surface area contributed by atoms with E-state index in [0.29, 0.717) is 6.61 Å². The van der Waals surface area contributed by atoms with Crippen LogP contribution in [0, 0.1) is 0 Å². The molecule has 0 aliphatic carbocycles. The molecule has 3 heterocycles. The number of fused-ring (bicyclic) bond motifs is 1. The minimum Gasteiger partial charge on any atom is -0.368 e. The topological polar surface area (TPSA) is 54.5 Å². The molecule has 1 unspecified atom stereocenters. The summed E-state index contributed by atoms with van der Waals surface area (Å²) in [6, 6.07) is 6.25. The number of ether oxygens (including phenoxy) is 1. The molecule has 0 radical (unpaired) electrons. The van der Waals surface area contributed by atoms with Gasteiger partial charge in [-0.2, -0.15) is 0 Å². The maximum absolute atomic E-state index is 12.2. The summed E-state index contributed by atoms with van der Waals surface area (Å²) in [5.74, 6) is -0.0251. The Labute approximate surface area is 145 Å². The highest BCUT2D eigenvalue weighted by Gasteiger charge is 2.24. The molecule has 1 atom stereocenters. The van der Waals surface area contributed by atoms with Crippen LogP contribution in [-0.2, 0) is 29.0 Å². The number of nitrogens with zero attached hydrogens (tertiary/aromatic N) is 2. The third-order valence-electron chi connectivity index (χ3n) is 4.63. The van der Waals surface area contributed by atoms with Gasteiger partial charge in [0.15, 0.2) is 0 Å². The van der Waals surface area contributed by atoms with Gasteiger partial charge in [0.2, 0.25) is 0 Å². The predicted molar refractivity (Wildman–Crippen MR) is 94.0 cm³/mol. The van der Waals surface area contributed by atoms with Crippen LogP contribution in [0.15, 0.2) is 29.8 Å². The molecule has 0 bridgehead atoms. The van der Waals surface area contributed by atoms with Crippen molar-refractivity contribution < 1.29 is 9.53 Å². The molecule has 126 valence electrons. The van der Waals surface area contributed by atoms with E-state index in [4.69, 9.17) is 4.74 Å². The lowest BCUT2D eigenvalue weighted by atomic mass is 9.99. The Morgan fingerprint density at radius 3 is 3.17 bits per heavy atom. The number of nitrogens with one attached hydrogen (secondary N) is 1. The summed E-state index contributed by atoms with van der Waals surface area (Å²) in [6.07, 6.45) is 4.39. The van der Waals surface area contributed by atoms with Crippen LogP contribution in [0.4, 0.5) is 5.69 Å². The van der Waals surface area contributed by atoms with Gasteiger partial charge in [-0.05, 0) is 42.5 Å². The molecule has 24 heavy (non-hydrogen) atoms. The van der Waals surface area contributed by atoms with E-state index in [0.717, 1.165) is 49.6 Å². The lowest BCUT2D eigenvalue weighted by Crippen LogP contribution is -2.30. The molecule has 2 aliphatic rings. The number of anilines is 1. The molecule has 1 aromatic carbocycles. The van der Waals surface area contributed by atoms with Gasteiger partial charge < -0.3 is 10.1 Å². The summed E-state index contributed by atoms with van der Waals surface area (Å²) in [4.78, 5) is 19.0. The Hall–Kier alpha value is -1.76. The SMILES string of the molecule is O=C(Nc1ccc2c(c1)CN(Cc1nccs1)CC2)C1CCCO1. The highest BCUT2D eigenvalue weighted by atomic mass is 32.1. The van der Waals surface area contributed by atoms with Gasteiger partial charge in [0.05, 0.1) is 6.54 Å². The van der Waals surface area contributed by atoms with Gasteiger partial charge in [0.25, 0.3) is 5.91 Å². The van der Waals surface area contributed by atoms with Crippen molar-refractivity contribution in [3.63, 3.8) is 0 Å². The molecule has 0 spiro atoms. The summed E-state index contributed by atoms with van der Waals surface area (Å²) < 4.78 is 5.45. The molecule has 1 amide bonds. The van der Waals surface area contributed by atoms with Crippen LogP contribution in [-0.4, -0.2) is 35.0 Å². The Bertz CT molecular complexity index is 711. The number of rotatable bonds is 4.